The van der Waals surface area contributed by atoms with Gasteiger partial charge in [0, 0.05) is 75.7 Å². The first kappa shape index (κ1) is 23.8. The van der Waals surface area contributed by atoms with Gasteiger partial charge >= 0.3 is 0 Å². The Morgan fingerprint density at radius 1 is 0.946 bits per heavy atom. The minimum atomic E-state index is -0.186. The zero-order valence-electron chi connectivity index (χ0n) is 20.6. The fraction of sp³-hybridized carbons (Fsp3) is 0.133. The number of carbonyl (C=O) groups excluding carboxylic acids is 1. The number of aromatic nitrogens is 1. The molecule has 2 atom stereocenters. The number of hydrogen-bond acceptors (Lipinski definition) is 6. The van der Waals surface area contributed by atoms with Crippen LogP contribution < -0.4 is 16.0 Å². The second kappa shape index (κ2) is 10.3. The molecule has 2 heterocycles. The molecule has 0 spiro atoms. The highest BCUT2D eigenvalue weighted by molar-refractivity contribution is 6.05. The molecule has 2 aromatic carbocycles. The van der Waals surface area contributed by atoms with Gasteiger partial charge in [-0.15, -0.1) is 0 Å². The van der Waals surface area contributed by atoms with E-state index < -0.39 is 0 Å². The van der Waals surface area contributed by atoms with Crippen LogP contribution in [0.15, 0.2) is 107 Å². The first-order valence-electron chi connectivity index (χ1n) is 12.0. The van der Waals surface area contributed by atoms with E-state index in [1.54, 1.807) is 18.6 Å². The Kier molecular flexibility index (Phi) is 6.64. The van der Waals surface area contributed by atoms with Gasteiger partial charge in [0.15, 0.2) is 0 Å². The molecular formula is C30H26N6O. The van der Waals surface area contributed by atoms with Crippen molar-refractivity contribution in [3.63, 3.8) is 0 Å². The van der Waals surface area contributed by atoms with E-state index in [2.05, 4.69) is 32.0 Å². The summed E-state index contributed by atoms with van der Waals surface area (Å²) in [5.41, 5.74) is 7.54. The average Bonchev–Trinajstić information content (AvgIpc) is 2.91. The van der Waals surface area contributed by atoms with Crippen LogP contribution in [-0.2, 0) is 0 Å². The van der Waals surface area contributed by atoms with Crippen molar-refractivity contribution in [2.24, 2.45) is 16.8 Å². The number of rotatable bonds is 6. The Hall–Kier alpha value is -4.96. The van der Waals surface area contributed by atoms with Crippen molar-refractivity contribution in [2.75, 3.05) is 16.0 Å². The maximum Gasteiger partial charge on any atom is 0.255 e. The Bertz CT molecular complexity index is 1510. The van der Waals surface area contributed by atoms with Crippen LogP contribution in [0.5, 0.6) is 0 Å². The molecule has 5 rings (SSSR count). The number of pyridine rings is 1. The highest BCUT2D eigenvalue weighted by atomic mass is 16.1. The lowest BCUT2D eigenvalue weighted by atomic mass is 9.78. The largest absolute Gasteiger partial charge is 0.358 e. The summed E-state index contributed by atoms with van der Waals surface area (Å²) >= 11 is 0. The molecule has 1 aliphatic carbocycles. The fourth-order valence-electron chi connectivity index (χ4n) is 4.56. The van der Waals surface area contributed by atoms with Crippen molar-refractivity contribution in [2.45, 2.75) is 13.8 Å². The number of nitrogens with one attached hydrogen (secondary N) is 3. The van der Waals surface area contributed by atoms with Gasteiger partial charge in [-0.1, -0.05) is 13.0 Å². The number of hydrogen-bond donors (Lipinski definition) is 3. The van der Waals surface area contributed by atoms with Crippen molar-refractivity contribution >= 4 is 34.9 Å². The number of aryl methyl sites for hydroxylation is 1. The van der Waals surface area contributed by atoms with Crippen LogP contribution >= 0.6 is 0 Å². The molecule has 182 valence electrons. The average molecular weight is 487 g/mol. The van der Waals surface area contributed by atoms with Gasteiger partial charge in [0.25, 0.3) is 5.91 Å². The predicted octanol–water partition coefficient (Wildman–Crippen LogP) is 6.37. The molecule has 0 radical (unpaired) electrons. The van der Waals surface area contributed by atoms with Crippen molar-refractivity contribution < 1.29 is 4.79 Å². The molecule has 3 N–H and O–H groups in total. The smallest absolute Gasteiger partial charge is 0.255 e. The molecule has 0 saturated carbocycles. The lowest BCUT2D eigenvalue weighted by molar-refractivity contribution is 0.102. The van der Waals surface area contributed by atoms with E-state index in [-0.39, 0.29) is 17.7 Å². The van der Waals surface area contributed by atoms with E-state index in [9.17, 15) is 10.1 Å². The number of fused-ring (bicyclic) bond motifs is 1. The third-order valence-corrected chi connectivity index (χ3v) is 6.54. The molecule has 0 fully saturated rings. The van der Waals surface area contributed by atoms with Crippen LogP contribution in [0.1, 0.15) is 22.8 Å². The zero-order chi connectivity index (χ0) is 25.8. The van der Waals surface area contributed by atoms with E-state index in [0.717, 1.165) is 39.6 Å². The van der Waals surface area contributed by atoms with Gasteiger partial charge in [0.1, 0.15) is 0 Å². The van der Waals surface area contributed by atoms with Crippen LogP contribution in [0.3, 0.4) is 0 Å². The Labute approximate surface area is 216 Å². The van der Waals surface area contributed by atoms with Gasteiger partial charge in [-0.05, 0) is 79.2 Å². The zero-order valence-corrected chi connectivity index (χ0v) is 20.6. The van der Waals surface area contributed by atoms with Crippen LogP contribution in [0.25, 0.3) is 0 Å². The number of nitriles is 1. The summed E-state index contributed by atoms with van der Waals surface area (Å²) in [5.74, 6) is -0.176. The fourth-order valence-corrected chi connectivity index (χ4v) is 4.56. The second-order valence-electron chi connectivity index (χ2n) is 9.04. The summed E-state index contributed by atoms with van der Waals surface area (Å²) < 4.78 is 0. The molecule has 2 aliphatic rings. The third-order valence-electron chi connectivity index (χ3n) is 6.54. The molecule has 7 heteroatoms. The van der Waals surface area contributed by atoms with Gasteiger partial charge in [-0.2, -0.15) is 5.26 Å². The number of amides is 1. The first-order valence-corrected chi connectivity index (χ1v) is 12.0. The molecule has 1 amide bonds. The van der Waals surface area contributed by atoms with Crippen molar-refractivity contribution in [1.82, 2.24) is 4.98 Å². The van der Waals surface area contributed by atoms with Crippen molar-refractivity contribution in [3.8, 4) is 6.07 Å². The molecule has 0 saturated heterocycles. The summed E-state index contributed by atoms with van der Waals surface area (Å²) in [5, 5.41) is 19.3. The standard InChI is InChI=1S/C30H26N6O/c1-19-16-21(30(37)35-25-5-3-4-24(17-25)34-23-10-13-32-14-11-23)6-8-26(19)36-28-12-15-33-27-9-7-22(18-31)20(2)29(27)28/h3-17,20,29,36H,1-2H3,(H,32,34)(H,35,37). The van der Waals surface area contributed by atoms with Crippen molar-refractivity contribution in [3.05, 3.63) is 113 Å². The third kappa shape index (κ3) is 5.19. The second-order valence-corrected chi connectivity index (χ2v) is 9.04. The summed E-state index contributed by atoms with van der Waals surface area (Å²) in [6, 6.07) is 19.2. The number of aliphatic imine (C=N–C) groups is 1. The summed E-state index contributed by atoms with van der Waals surface area (Å²) in [6.45, 7) is 4.02. The van der Waals surface area contributed by atoms with Crippen molar-refractivity contribution in [1.29, 1.82) is 5.26 Å². The highest BCUT2D eigenvalue weighted by Gasteiger charge is 2.32. The Morgan fingerprint density at radius 2 is 1.76 bits per heavy atom. The van der Waals surface area contributed by atoms with E-state index in [4.69, 9.17) is 0 Å². The van der Waals surface area contributed by atoms with E-state index in [0.29, 0.717) is 11.3 Å². The van der Waals surface area contributed by atoms with E-state index in [1.165, 1.54) is 0 Å². The normalized spacial score (nSPS) is 17.9. The van der Waals surface area contributed by atoms with Crippen LogP contribution in [0.4, 0.5) is 22.7 Å². The Morgan fingerprint density at radius 3 is 2.54 bits per heavy atom. The quantitative estimate of drug-likeness (QED) is 0.376. The molecule has 37 heavy (non-hydrogen) atoms. The molecule has 7 nitrogen and oxygen atoms in total. The molecule has 2 unspecified atom stereocenters. The van der Waals surface area contributed by atoms with Gasteiger partial charge in [-0.3, -0.25) is 14.8 Å². The minimum absolute atomic E-state index is 0.0138. The first-order chi connectivity index (χ1) is 18.0. The molecule has 3 aromatic rings. The van der Waals surface area contributed by atoms with E-state index in [1.807, 2.05) is 86.7 Å². The highest BCUT2D eigenvalue weighted by Crippen LogP contribution is 2.39. The monoisotopic (exact) mass is 486 g/mol. The van der Waals surface area contributed by atoms with Gasteiger partial charge < -0.3 is 16.0 Å². The molecule has 1 aliphatic heterocycles. The SMILES string of the molecule is Cc1cc(C(=O)Nc2cccc(Nc3ccncc3)c2)ccc1NC1=CC=NC2=CC=C(C#N)C(C)C21. The molecular weight excluding hydrogens is 460 g/mol. The number of anilines is 4. The van der Waals surface area contributed by atoms with Gasteiger partial charge in [-0.25, -0.2) is 0 Å². The van der Waals surface area contributed by atoms with E-state index >= 15 is 0 Å². The lowest BCUT2D eigenvalue weighted by Crippen LogP contribution is -2.26. The number of nitrogens with zero attached hydrogens (tertiary/aromatic N) is 3. The number of carbonyl (C=O) groups is 1. The van der Waals surface area contributed by atoms with Crippen LogP contribution in [-0.4, -0.2) is 17.1 Å². The number of benzene rings is 2. The Balaban J connectivity index is 1.28. The topological polar surface area (TPSA) is 102 Å². The summed E-state index contributed by atoms with van der Waals surface area (Å²) in [4.78, 5) is 21.5. The summed E-state index contributed by atoms with van der Waals surface area (Å²) in [6.07, 6.45) is 10.9. The van der Waals surface area contributed by atoms with Crippen LogP contribution in [0.2, 0.25) is 0 Å². The molecule has 1 aromatic heterocycles. The van der Waals surface area contributed by atoms with Gasteiger partial charge in [0.2, 0.25) is 0 Å². The predicted molar refractivity (Wildman–Crippen MR) is 148 cm³/mol. The number of dihydropyridines is 1. The van der Waals surface area contributed by atoms with Crippen LogP contribution in [0, 0.1) is 30.1 Å². The minimum Gasteiger partial charge on any atom is -0.358 e. The number of allylic oxidation sites excluding steroid dienone is 4. The maximum absolute atomic E-state index is 13.0. The molecule has 0 bridgehead atoms. The summed E-state index contributed by atoms with van der Waals surface area (Å²) in [7, 11) is 0. The maximum atomic E-state index is 13.0. The lowest BCUT2D eigenvalue weighted by Gasteiger charge is -2.31. The van der Waals surface area contributed by atoms with Gasteiger partial charge in [0.05, 0.1) is 6.07 Å².